The van der Waals surface area contributed by atoms with E-state index in [9.17, 15) is 0 Å². The number of fused-ring (bicyclic) bond motifs is 2. The van der Waals surface area contributed by atoms with Crippen molar-refractivity contribution in [3.05, 3.63) is 157 Å². The van der Waals surface area contributed by atoms with Gasteiger partial charge < -0.3 is 4.42 Å². The molecule has 208 valence electrons. The van der Waals surface area contributed by atoms with Crippen molar-refractivity contribution in [2.45, 2.75) is 6.92 Å². The largest absolute Gasteiger partial charge is 0.416 e. The second-order valence-corrected chi connectivity index (χ2v) is 11.1. The molecule has 0 fully saturated rings. The van der Waals surface area contributed by atoms with Crippen molar-refractivity contribution in [3.63, 3.8) is 0 Å². The van der Waals surface area contributed by atoms with Crippen molar-refractivity contribution < 1.29 is 4.42 Å². The zero-order chi connectivity index (χ0) is 29.5. The van der Waals surface area contributed by atoms with Gasteiger partial charge in [-0.1, -0.05) is 133 Å². The smallest absolute Gasteiger partial charge is 0.248 e. The fourth-order valence-electron chi connectivity index (χ4n) is 6.14. The highest BCUT2D eigenvalue weighted by Crippen LogP contribution is 2.43. The van der Waals surface area contributed by atoms with Crippen LogP contribution in [0.25, 0.3) is 77.8 Å². The second-order valence-electron chi connectivity index (χ2n) is 11.1. The lowest BCUT2D eigenvalue weighted by atomic mass is 9.86. The summed E-state index contributed by atoms with van der Waals surface area (Å²) < 4.78 is 6.15. The summed E-state index contributed by atoms with van der Waals surface area (Å²) in [6.07, 6.45) is 0. The van der Waals surface area contributed by atoms with E-state index in [1.807, 2.05) is 12.1 Å². The van der Waals surface area contributed by atoms with Crippen LogP contribution in [0, 0.1) is 6.92 Å². The maximum absolute atomic E-state index is 6.15. The number of benzene rings is 7. The quantitative estimate of drug-likeness (QED) is 0.195. The number of hydrogen-bond acceptors (Lipinski definition) is 3. The highest BCUT2D eigenvalue weighted by atomic mass is 16.4. The second kappa shape index (κ2) is 10.8. The molecule has 3 nitrogen and oxygen atoms in total. The van der Waals surface area contributed by atoms with E-state index in [0.717, 1.165) is 22.3 Å². The predicted molar refractivity (Wildman–Crippen MR) is 181 cm³/mol. The van der Waals surface area contributed by atoms with Crippen molar-refractivity contribution in [1.82, 2.24) is 10.2 Å². The molecule has 0 bridgehead atoms. The summed E-state index contributed by atoms with van der Waals surface area (Å²) in [5.74, 6) is 1.01. The Morgan fingerprint density at radius 3 is 1.14 bits per heavy atom. The lowest BCUT2D eigenvalue weighted by molar-refractivity contribution is 0.584. The summed E-state index contributed by atoms with van der Waals surface area (Å²) in [6, 6.07) is 53.3. The molecular formula is C41H28N2O. The van der Waals surface area contributed by atoms with Gasteiger partial charge in [0.15, 0.2) is 0 Å². The van der Waals surface area contributed by atoms with Crippen molar-refractivity contribution >= 4 is 21.5 Å². The molecule has 0 saturated heterocycles. The van der Waals surface area contributed by atoms with Crippen LogP contribution >= 0.6 is 0 Å². The summed E-state index contributed by atoms with van der Waals surface area (Å²) in [6.45, 7) is 2.10. The molecule has 0 aliphatic carbocycles. The highest BCUT2D eigenvalue weighted by Gasteiger charge is 2.17. The average Bonchev–Trinajstić information content (AvgIpc) is 3.59. The lowest BCUT2D eigenvalue weighted by Crippen LogP contribution is -1.90. The maximum atomic E-state index is 6.15. The average molecular weight is 565 g/mol. The first-order valence-corrected chi connectivity index (χ1v) is 14.8. The van der Waals surface area contributed by atoms with Crippen molar-refractivity contribution in [2.75, 3.05) is 0 Å². The Bertz CT molecular complexity index is 2190. The van der Waals surface area contributed by atoms with Crippen molar-refractivity contribution in [2.24, 2.45) is 0 Å². The molecule has 7 aromatic carbocycles. The third-order valence-corrected chi connectivity index (χ3v) is 8.36. The Morgan fingerprint density at radius 2 is 0.682 bits per heavy atom. The topological polar surface area (TPSA) is 38.9 Å². The van der Waals surface area contributed by atoms with Crippen LogP contribution < -0.4 is 0 Å². The molecule has 0 N–H and O–H groups in total. The van der Waals surface area contributed by atoms with Gasteiger partial charge in [-0.3, -0.25) is 0 Å². The first-order chi connectivity index (χ1) is 21.7. The van der Waals surface area contributed by atoms with E-state index >= 15 is 0 Å². The van der Waals surface area contributed by atoms with E-state index in [-0.39, 0.29) is 0 Å². The molecule has 0 aliphatic rings. The zero-order valence-corrected chi connectivity index (χ0v) is 24.2. The highest BCUT2D eigenvalue weighted by molar-refractivity contribution is 6.21. The van der Waals surface area contributed by atoms with E-state index in [2.05, 4.69) is 157 Å². The van der Waals surface area contributed by atoms with Gasteiger partial charge in [0.1, 0.15) is 0 Å². The van der Waals surface area contributed by atoms with E-state index in [1.54, 1.807) is 0 Å². The van der Waals surface area contributed by atoms with Gasteiger partial charge in [-0.05, 0) is 86.1 Å². The van der Waals surface area contributed by atoms with Crippen LogP contribution in [0.2, 0.25) is 0 Å². The van der Waals surface area contributed by atoms with Crippen LogP contribution in [0.1, 0.15) is 5.56 Å². The summed E-state index contributed by atoms with van der Waals surface area (Å²) >= 11 is 0. The molecule has 0 radical (unpaired) electrons. The van der Waals surface area contributed by atoms with E-state index in [4.69, 9.17) is 4.42 Å². The summed E-state index contributed by atoms with van der Waals surface area (Å²) in [4.78, 5) is 0. The molecule has 0 aliphatic heterocycles. The van der Waals surface area contributed by atoms with Crippen LogP contribution in [-0.2, 0) is 0 Å². The number of aromatic nitrogens is 2. The zero-order valence-electron chi connectivity index (χ0n) is 24.2. The molecule has 0 atom stereocenters. The molecule has 44 heavy (non-hydrogen) atoms. The fourth-order valence-corrected chi connectivity index (χ4v) is 6.14. The minimum atomic E-state index is 0.503. The van der Waals surface area contributed by atoms with Crippen LogP contribution in [0.5, 0.6) is 0 Å². The minimum absolute atomic E-state index is 0.503. The molecule has 1 heterocycles. The number of aryl methyl sites for hydroxylation is 1. The van der Waals surface area contributed by atoms with Crippen molar-refractivity contribution in [1.29, 1.82) is 0 Å². The van der Waals surface area contributed by atoms with Crippen molar-refractivity contribution in [3.8, 4) is 56.3 Å². The first-order valence-electron chi connectivity index (χ1n) is 14.8. The van der Waals surface area contributed by atoms with Gasteiger partial charge in [0.05, 0.1) is 0 Å². The number of rotatable bonds is 5. The molecule has 3 heteroatoms. The molecule has 0 unspecified atom stereocenters. The lowest BCUT2D eigenvalue weighted by Gasteiger charge is -2.17. The molecule has 8 rings (SSSR count). The Labute approximate surface area is 256 Å². The number of hydrogen-bond donors (Lipinski definition) is 0. The van der Waals surface area contributed by atoms with Crippen LogP contribution in [0.4, 0.5) is 0 Å². The van der Waals surface area contributed by atoms with Gasteiger partial charge in [-0.15, -0.1) is 10.2 Å². The van der Waals surface area contributed by atoms with Gasteiger partial charge >= 0.3 is 0 Å². The van der Waals surface area contributed by atoms with Gasteiger partial charge in [0.25, 0.3) is 0 Å². The normalized spacial score (nSPS) is 11.3. The monoisotopic (exact) mass is 564 g/mol. The summed E-state index contributed by atoms with van der Waals surface area (Å²) in [7, 11) is 0. The molecule has 0 saturated carbocycles. The Hall–Kier alpha value is -5.80. The Balaban J connectivity index is 1.15. The summed E-state index contributed by atoms with van der Waals surface area (Å²) in [5.41, 5.74) is 10.2. The molecule has 1 aromatic heterocycles. The summed E-state index contributed by atoms with van der Waals surface area (Å²) in [5, 5.41) is 13.7. The van der Waals surface area contributed by atoms with Gasteiger partial charge in [0, 0.05) is 11.1 Å². The Morgan fingerprint density at radius 1 is 0.341 bits per heavy atom. The molecule has 8 aromatic rings. The fraction of sp³-hybridized carbons (Fsp3) is 0.0244. The van der Waals surface area contributed by atoms with Gasteiger partial charge in [-0.2, -0.15) is 0 Å². The molecule has 0 amide bonds. The van der Waals surface area contributed by atoms with Crippen LogP contribution in [0.15, 0.2) is 156 Å². The standard InChI is InChI=1S/C41H28N2O/c1-27-15-17-28(18-16-27)29-19-23-32(24-20-29)40-42-43-41(44-40)33-25-21-31(22-26-33)39-36-13-7-5-11-34(36)38(30-9-3-2-4-10-30)35-12-6-8-14-37(35)39/h2-26H,1H3. The molecule has 0 spiro atoms. The SMILES string of the molecule is Cc1ccc(-c2ccc(-c3nnc(-c4ccc(-c5c6ccccc6c(-c6ccccc6)c6ccccc56)cc4)o3)cc2)cc1. The third kappa shape index (κ3) is 4.56. The Kier molecular flexibility index (Phi) is 6.35. The first kappa shape index (κ1) is 25.9. The van der Waals surface area contributed by atoms with Gasteiger partial charge in [0.2, 0.25) is 11.8 Å². The maximum Gasteiger partial charge on any atom is 0.248 e. The molecular weight excluding hydrogens is 536 g/mol. The van der Waals surface area contributed by atoms with E-state index in [1.165, 1.54) is 49.4 Å². The predicted octanol–water partition coefficient (Wildman–Crippen LogP) is 11.0. The van der Waals surface area contributed by atoms with Crippen LogP contribution in [-0.4, -0.2) is 10.2 Å². The van der Waals surface area contributed by atoms with Crippen LogP contribution in [0.3, 0.4) is 0 Å². The number of nitrogens with zero attached hydrogens (tertiary/aromatic N) is 2. The minimum Gasteiger partial charge on any atom is -0.416 e. The van der Waals surface area contributed by atoms with Gasteiger partial charge in [-0.25, -0.2) is 0 Å². The van der Waals surface area contributed by atoms with E-state index < -0.39 is 0 Å². The third-order valence-electron chi connectivity index (χ3n) is 8.36. The van der Waals surface area contributed by atoms with E-state index in [0.29, 0.717) is 11.8 Å².